The van der Waals surface area contributed by atoms with Crippen molar-refractivity contribution in [2.45, 2.75) is 37.6 Å². The first-order chi connectivity index (χ1) is 13.8. The second kappa shape index (κ2) is 7.95. The van der Waals surface area contributed by atoms with Gasteiger partial charge in [-0.2, -0.15) is 5.06 Å². The van der Waals surface area contributed by atoms with E-state index in [1.807, 2.05) is 18.2 Å². The molecule has 0 bridgehead atoms. The van der Waals surface area contributed by atoms with Crippen molar-refractivity contribution in [1.82, 2.24) is 9.79 Å². The molecule has 1 N–H and O–H groups in total. The molecule has 0 saturated carbocycles. The van der Waals surface area contributed by atoms with Gasteiger partial charge in [0.05, 0.1) is 12.6 Å². The van der Waals surface area contributed by atoms with Crippen molar-refractivity contribution in [1.29, 1.82) is 0 Å². The lowest BCUT2D eigenvalue weighted by molar-refractivity contribution is -0.110. The van der Waals surface area contributed by atoms with E-state index in [9.17, 15) is 8.42 Å². The van der Waals surface area contributed by atoms with E-state index in [0.29, 0.717) is 17.4 Å². The highest BCUT2D eigenvalue weighted by atomic mass is 32.2. The summed E-state index contributed by atoms with van der Waals surface area (Å²) in [6.07, 6.45) is 0. The van der Waals surface area contributed by atoms with Crippen LogP contribution in [0.5, 0.6) is 11.5 Å². The van der Waals surface area contributed by atoms with E-state index in [2.05, 4.69) is 30.7 Å². The van der Waals surface area contributed by atoms with Crippen molar-refractivity contribution in [2.75, 3.05) is 20.4 Å². The van der Waals surface area contributed by atoms with E-state index in [1.54, 1.807) is 24.2 Å². The molecular formula is C21H26N2O5S. The van der Waals surface area contributed by atoms with Gasteiger partial charge in [-0.3, -0.25) is 4.84 Å². The molecule has 2 unspecified atom stereocenters. The van der Waals surface area contributed by atoms with Crippen LogP contribution in [-0.4, -0.2) is 39.2 Å². The molecule has 0 radical (unpaired) electrons. The van der Waals surface area contributed by atoms with Gasteiger partial charge in [0.2, 0.25) is 16.8 Å². The third-order valence-electron chi connectivity index (χ3n) is 5.44. The molecule has 1 saturated heterocycles. The maximum absolute atomic E-state index is 13.1. The Morgan fingerprint density at radius 2 is 1.83 bits per heavy atom. The summed E-state index contributed by atoms with van der Waals surface area (Å²) in [5, 5.41) is 0.931. The van der Waals surface area contributed by atoms with Gasteiger partial charge in [0.1, 0.15) is 5.25 Å². The Balaban J connectivity index is 1.50. The largest absolute Gasteiger partial charge is 0.454 e. The molecular weight excluding hydrogens is 392 g/mol. The highest BCUT2D eigenvalue weighted by molar-refractivity contribution is 7.90. The first kappa shape index (κ1) is 20.2. The average molecular weight is 419 g/mol. The van der Waals surface area contributed by atoms with E-state index in [-0.39, 0.29) is 26.0 Å². The topological polar surface area (TPSA) is 77.1 Å². The monoisotopic (exact) mass is 418 g/mol. The van der Waals surface area contributed by atoms with Crippen molar-refractivity contribution in [2.24, 2.45) is 0 Å². The molecule has 2 heterocycles. The van der Waals surface area contributed by atoms with Crippen molar-refractivity contribution >= 4 is 10.0 Å². The molecule has 0 spiro atoms. The molecule has 2 aromatic rings. The van der Waals surface area contributed by atoms with E-state index in [1.165, 1.54) is 5.56 Å². The van der Waals surface area contributed by atoms with Gasteiger partial charge in [-0.25, -0.2) is 13.1 Å². The SMILES string of the molecule is CC(C)c1ccc(C2C(S(=O)(=O)NCc3ccc4c(c3)OCO4)CON2C)cc1. The number of ether oxygens (including phenoxy) is 2. The second-order valence-corrected chi connectivity index (χ2v) is 9.68. The molecule has 2 atom stereocenters. The van der Waals surface area contributed by atoms with E-state index >= 15 is 0 Å². The predicted molar refractivity (Wildman–Crippen MR) is 109 cm³/mol. The Morgan fingerprint density at radius 1 is 1.10 bits per heavy atom. The summed E-state index contributed by atoms with van der Waals surface area (Å²) in [6, 6.07) is 13.1. The fraction of sp³-hybridized carbons (Fsp3) is 0.429. The normalized spacial score (nSPS) is 21.8. The summed E-state index contributed by atoms with van der Waals surface area (Å²) in [5.74, 6) is 1.73. The molecule has 0 amide bonds. The standard InChI is InChI=1S/C21H26N2O5S/c1-14(2)16-5-7-17(8-6-16)21-20(12-28-23(21)3)29(24,25)22-11-15-4-9-18-19(10-15)27-13-26-18/h4-10,14,20-22H,11-13H2,1-3H3. The third-order valence-corrected chi connectivity index (χ3v) is 7.18. The van der Waals surface area contributed by atoms with Crippen LogP contribution >= 0.6 is 0 Å². The van der Waals surface area contributed by atoms with Gasteiger partial charge in [0.25, 0.3) is 0 Å². The molecule has 7 nitrogen and oxygen atoms in total. The fourth-order valence-corrected chi connectivity index (χ4v) is 5.19. The molecule has 29 heavy (non-hydrogen) atoms. The minimum atomic E-state index is -3.62. The van der Waals surface area contributed by atoms with E-state index < -0.39 is 15.3 Å². The Morgan fingerprint density at radius 3 is 2.55 bits per heavy atom. The number of hydrogen-bond acceptors (Lipinski definition) is 6. The van der Waals surface area contributed by atoms with Crippen LogP contribution in [0.3, 0.4) is 0 Å². The minimum absolute atomic E-state index is 0.115. The van der Waals surface area contributed by atoms with Gasteiger partial charge in [-0.1, -0.05) is 44.2 Å². The fourth-order valence-electron chi connectivity index (χ4n) is 3.70. The van der Waals surface area contributed by atoms with Crippen LogP contribution in [0, 0.1) is 0 Å². The lowest BCUT2D eigenvalue weighted by Crippen LogP contribution is -2.39. The smallest absolute Gasteiger partial charge is 0.231 e. The van der Waals surface area contributed by atoms with Crippen LogP contribution in [0.1, 0.15) is 42.5 Å². The zero-order valence-corrected chi connectivity index (χ0v) is 17.6. The van der Waals surface area contributed by atoms with Crippen LogP contribution in [0.25, 0.3) is 0 Å². The first-order valence-electron chi connectivity index (χ1n) is 9.68. The summed E-state index contributed by atoms with van der Waals surface area (Å²) >= 11 is 0. The lowest BCUT2D eigenvalue weighted by atomic mass is 9.98. The zero-order chi connectivity index (χ0) is 20.6. The maximum atomic E-state index is 13.1. The predicted octanol–water partition coefficient (Wildman–Crippen LogP) is 2.95. The number of rotatable bonds is 6. The van der Waals surface area contributed by atoms with Gasteiger partial charge in [0.15, 0.2) is 11.5 Å². The first-order valence-corrected chi connectivity index (χ1v) is 11.2. The van der Waals surface area contributed by atoms with Crippen molar-refractivity contribution in [3.05, 3.63) is 59.2 Å². The van der Waals surface area contributed by atoms with Crippen LogP contribution in [-0.2, 0) is 21.4 Å². The molecule has 4 rings (SSSR count). The van der Waals surface area contributed by atoms with Gasteiger partial charge in [-0.15, -0.1) is 0 Å². The van der Waals surface area contributed by atoms with Crippen LogP contribution in [0.15, 0.2) is 42.5 Å². The zero-order valence-electron chi connectivity index (χ0n) is 16.8. The van der Waals surface area contributed by atoms with Gasteiger partial charge in [0, 0.05) is 13.6 Å². The van der Waals surface area contributed by atoms with Gasteiger partial charge in [-0.05, 0) is 34.7 Å². The second-order valence-electron chi connectivity index (χ2n) is 7.70. The number of nitrogens with one attached hydrogen (secondary N) is 1. The number of sulfonamides is 1. The number of nitrogens with zero attached hydrogens (tertiary/aromatic N) is 1. The van der Waals surface area contributed by atoms with E-state index in [0.717, 1.165) is 11.1 Å². The summed E-state index contributed by atoms with van der Waals surface area (Å²) in [5.41, 5.74) is 2.95. The van der Waals surface area contributed by atoms with Crippen LogP contribution in [0.4, 0.5) is 0 Å². The molecule has 0 aliphatic carbocycles. The Hall–Kier alpha value is -2.13. The summed E-state index contributed by atoms with van der Waals surface area (Å²) < 4.78 is 39.5. The quantitative estimate of drug-likeness (QED) is 0.777. The average Bonchev–Trinajstić information content (AvgIpc) is 3.32. The molecule has 8 heteroatoms. The summed E-state index contributed by atoms with van der Waals surface area (Å²) in [4.78, 5) is 5.59. The van der Waals surface area contributed by atoms with Crippen LogP contribution < -0.4 is 14.2 Å². The molecule has 2 aliphatic rings. The molecule has 2 aromatic carbocycles. The number of hydroxylamine groups is 2. The van der Waals surface area contributed by atoms with Crippen LogP contribution in [0.2, 0.25) is 0 Å². The third kappa shape index (κ3) is 4.11. The summed E-state index contributed by atoms with van der Waals surface area (Å²) in [7, 11) is -1.85. The van der Waals surface area contributed by atoms with Gasteiger partial charge >= 0.3 is 0 Å². The number of hydrogen-bond donors (Lipinski definition) is 1. The highest BCUT2D eigenvalue weighted by Gasteiger charge is 2.43. The van der Waals surface area contributed by atoms with Crippen molar-refractivity contribution in [3.8, 4) is 11.5 Å². The summed E-state index contributed by atoms with van der Waals surface area (Å²) in [6.45, 7) is 4.75. The molecule has 1 fully saturated rings. The van der Waals surface area contributed by atoms with Gasteiger partial charge < -0.3 is 9.47 Å². The Kier molecular flexibility index (Phi) is 5.52. The Bertz CT molecular complexity index is 975. The van der Waals surface area contributed by atoms with Crippen molar-refractivity contribution < 1.29 is 22.7 Å². The molecule has 156 valence electrons. The number of fused-ring (bicyclic) bond motifs is 1. The lowest BCUT2D eigenvalue weighted by Gasteiger charge is -2.23. The minimum Gasteiger partial charge on any atom is -0.454 e. The Labute approximate surface area is 171 Å². The highest BCUT2D eigenvalue weighted by Crippen LogP contribution is 2.35. The maximum Gasteiger partial charge on any atom is 0.231 e. The number of benzene rings is 2. The molecule has 2 aliphatic heterocycles. The van der Waals surface area contributed by atoms with E-state index in [4.69, 9.17) is 14.3 Å². The molecule has 0 aromatic heterocycles. The van der Waals surface area contributed by atoms with Crippen molar-refractivity contribution in [3.63, 3.8) is 0 Å².